The Bertz CT molecular complexity index is 2820. The Morgan fingerprint density at radius 2 is 1.16 bits per heavy atom. The van der Waals surface area contributed by atoms with Crippen LogP contribution in [-0.4, -0.2) is 4.98 Å². The predicted octanol–water partition coefficient (Wildman–Crippen LogP) is 13.3. The van der Waals surface area contributed by atoms with Crippen LogP contribution in [0, 0.1) is 0 Å². The number of nitrogens with zero attached hydrogens (tertiary/aromatic N) is 2. The van der Waals surface area contributed by atoms with E-state index in [-0.39, 0.29) is 0 Å². The first-order valence-corrected chi connectivity index (χ1v) is 17.3. The summed E-state index contributed by atoms with van der Waals surface area (Å²) in [7, 11) is 0. The maximum Gasteiger partial charge on any atom is 0.227 e. The second kappa shape index (κ2) is 11.2. The van der Waals surface area contributed by atoms with Crippen LogP contribution in [0.4, 0.5) is 17.1 Å². The number of thiophene rings is 1. The summed E-state index contributed by atoms with van der Waals surface area (Å²) in [6.45, 7) is 0. The van der Waals surface area contributed by atoms with Crippen molar-refractivity contribution in [3.8, 4) is 22.6 Å². The average molecular weight is 645 g/mol. The molecule has 0 aliphatic heterocycles. The quantitative estimate of drug-likeness (QED) is 0.175. The van der Waals surface area contributed by atoms with Crippen LogP contribution in [0.3, 0.4) is 0 Å². The molecule has 0 radical (unpaired) electrons. The molecule has 0 saturated carbocycles. The zero-order valence-corrected chi connectivity index (χ0v) is 27.2. The number of oxazole rings is 1. The van der Waals surface area contributed by atoms with Crippen LogP contribution in [-0.2, 0) is 0 Å². The van der Waals surface area contributed by atoms with E-state index in [1.807, 2.05) is 41.7 Å². The van der Waals surface area contributed by atoms with Crippen molar-refractivity contribution in [2.45, 2.75) is 0 Å². The number of hydrogen-bond donors (Lipinski definition) is 0. The van der Waals surface area contributed by atoms with Gasteiger partial charge in [0.15, 0.2) is 5.58 Å². The first kappa shape index (κ1) is 27.8. The zero-order valence-electron chi connectivity index (χ0n) is 26.4. The second-order valence-corrected chi connectivity index (χ2v) is 13.4. The molecule has 2 aromatic heterocycles. The molecule has 0 spiro atoms. The van der Waals surface area contributed by atoms with Gasteiger partial charge in [0.2, 0.25) is 5.89 Å². The van der Waals surface area contributed by atoms with E-state index in [1.54, 1.807) is 0 Å². The molecule has 0 fully saturated rings. The van der Waals surface area contributed by atoms with Crippen LogP contribution < -0.4 is 4.90 Å². The van der Waals surface area contributed by atoms with Gasteiger partial charge in [-0.2, -0.15) is 0 Å². The molecule has 10 rings (SSSR count). The van der Waals surface area contributed by atoms with E-state index in [9.17, 15) is 0 Å². The monoisotopic (exact) mass is 644 g/mol. The van der Waals surface area contributed by atoms with Crippen molar-refractivity contribution in [2.75, 3.05) is 4.90 Å². The number of aromatic nitrogens is 1. The van der Waals surface area contributed by atoms with Crippen molar-refractivity contribution in [3.05, 3.63) is 170 Å². The highest BCUT2D eigenvalue weighted by atomic mass is 32.1. The number of rotatable bonds is 5. The van der Waals surface area contributed by atoms with Crippen molar-refractivity contribution in [1.82, 2.24) is 4.98 Å². The molecule has 0 aliphatic carbocycles. The van der Waals surface area contributed by atoms with Gasteiger partial charge in [-0.15, -0.1) is 11.3 Å². The molecule has 3 nitrogen and oxygen atoms in total. The molecule has 0 aliphatic rings. The van der Waals surface area contributed by atoms with Crippen LogP contribution in [0.15, 0.2) is 174 Å². The van der Waals surface area contributed by atoms with Crippen molar-refractivity contribution < 1.29 is 4.42 Å². The topological polar surface area (TPSA) is 29.3 Å². The predicted molar refractivity (Wildman–Crippen MR) is 207 cm³/mol. The maximum atomic E-state index is 6.53. The highest BCUT2D eigenvalue weighted by molar-refractivity contribution is 7.26. The summed E-state index contributed by atoms with van der Waals surface area (Å²) in [6, 6.07) is 60.3. The highest BCUT2D eigenvalue weighted by Gasteiger charge is 2.18. The van der Waals surface area contributed by atoms with E-state index in [0.717, 1.165) is 55.3 Å². The zero-order chi connectivity index (χ0) is 32.3. The third kappa shape index (κ3) is 4.61. The van der Waals surface area contributed by atoms with E-state index in [1.165, 1.54) is 31.3 Å². The largest absolute Gasteiger partial charge is 0.435 e. The minimum Gasteiger partial charge on any atom is -0.435 e. The van der Waals surface area contributed by atoms with Gasteiger partial charge < -0.3 is 9.32 Å². The lowest BCUT2D eigenvalue weighted by molar-refractivity contribution is 0.623. The minimum absolute atomic E-state index is 0.633. The Morgan fingerprint density at radius 3 is 2.02 bits per heavy atom. The van der Waals surface area contributed by atoms with Gasteiger partial charge in [-0.1, -0.05) is 109 Å². The number of anilines is 3. The van der Waals surface area contributed by atoms with E-state index in [4.69, 9.17) is 9.40 Å². The van der Waals surface area contributed by atoms with Crippen molar-refractivity contribution in [2.24, 2.45) is 0 Å². The van der Waals surface area contributed by atoms with Crippen LogP contribution in [0.1, 0.15) is 0 Å². The average Bonchev–Trinajstić information content (AvgIpc) is 3.78. The molecule has 2 heterocycles. The standard InChI is InChI=1S/C45H28N2OS/c1-3-10-32(11-4-1)45-46-40-27-23-31-19-18-30-22-26-35(28-39(30)42(31)43(40)48-45)47(33-12-5-2-6-13-33)34-24-20-29(21-25-34)36-15-9-16-38-37-14-7-8-17-41(37)49-44(36)38/h1-28H. The Balaban J connectivity index is 1.13. The third-order valence-electron chi connectivity index (χ3n) is 9.47. The Kier molecular flexibility index (Phi) is 6.36. The van der Waals surface area contributed by atoms with Gasteiger partial charge in [0, 0.05) is 48.2 Å². The normalized spacial score (nSPS) is 11.7. The van der Waals surface area contributed by atoms with E-state index >= 15 is 0 Å². The van der Waals surface area contributed by atoms with Crippen molar-refractivity contribution in [3.63, 3.8) is 0 Å². The molecular formula is C45H28N2OS. The summed E-state index contributed by atoms with van der Waals surface area (Å²) in [4.78, 5) is 7.21. The number of fused-ring (bicyclic) bond motifs is 8. The molecule has 10 aromatic rings. The molecule has 49 heavy (non-hydrogen) atoms. The fraction of sp³-hybridized carbons (Fsp3) is 0. The number of para-hydroxylation sites is 1. The summed E-state index contributed by atoms with van der Waals surface area (Å²) in [5.41, 5.74) is 8.37. The molecule has 0 saturated heterocycles. The maximum absolute atomic E-state index is 6.53. The summed E-state index contributed by atoms with van der Waals surface area (Å²) >= 11 is 1.87. The first-order chi connectivity index (χ1) is 24.3. The lowest BCUT2D eigenvalue weighted by Crippen LogP contribution is -2.09. The van der Waals surface area contributed by atoms with Crippen LogP contribution in [0.25, 0.3) is 75.4 Å². The molecule has 0 unspecified atom stereocenters. The molecule has 0 bridgehead atoms. The Morgan fingerprint density at radius 1 is 0.490 bits per heavy atom. The van der Waals surface area contributed by atoms with Crippen LogP contribution in [0.5, 0.6) is 0 Å². The summed E-state index contributed by atoms with van der Waals surface area (Å²) in [6.07, 6.45) is 0. The molecule has 0 atom stereocenters. The van der Waals surface area contributed by atoms with Gasteiger partial charge in [-0.3, -0.25) is 0 Å². The van der Waals surface area contributed by atoms with Gasteiger partial charge in [0.05, 0.1) is 0 Å². The van der Waals surface area contributed by atoms with Crippen molar-refractivity contribution in [1.29, 1.82) is 0 Å². The second-order valence-electron chi connectivity index (χ2n) is 12.4. The van der Waals surface area contributed by atoms with Crippen LogP contribution >= 0.6 is 11.3 Å². The highest BCUT2D eigenvalue weighted by Crippen LogP contribution is 2.43. The number of hydrogen-bond acceptors (Lipinski definition) is 4. The van der Waals surface area contributed by atoms with Gasteiger partial charge >= 0.3 is 0 Å². The van der Waals surface area contributed by atoms with Gasteiger partial charge in [0.1, 0.15) is 5.52 Å². The lowest BCUT2D eigenvalue weighted by atomic mass is 9.99. The fourth-order valence-electron chi connectivity index (χ4n) is 7.14. The summed E-state index contributed by atoms with van der Waals surface area (Å²) in [5, 5.41) is 7.11. The van der Waals surface area contributed by atoms with Crippen LogP contribution in [0.2, 0.25) is 0 Å². The minimum atomic E-state index is 0.633. The molecule has 0 amide bonds. The molecule has 4 heteroatoms. The third-order valence-corrected chi connectivity index (χ3v) is 10.7. The SMILES string of the molecule is c1ccc(-c2nc3ccc4ccc5ccc(N(c6ccccc6)c6ccc(-c7cccc8c7sc7ccccc78)cc6)cc5c4c3o2)cc1. The van der Waals surface area contributed by atoms with Gasteiger partial charge in [-0.25, -0.2) is 4.98 Å². The van der Waals surface area contributed by atoms with Gasteiger partial charge in [0.25, 0.3) is 0 Å². The lowest BCUT2D eigenvalue weighted by Gasteiger charge is -2.26. The molecule has 0 N–H and O–H groups in total. The molecule has 230 valence electrons. The summed E-state index contributed by atoms with van der Waals surface area (Å²) in [5.74, 6) is 0.633. The van der Waals surface area contributed by atoms with Gasteiger partial charge in [-0.05, 0) is 87.9 Å². The van der Waals surface area contributed by atoms with E-state index < -0.39 is 0 Å². The van der Waals surface area contributed by atoms with E-state index in [0.29, 0.717) is 5.89 Å². The van der Waals surface area contributed by atoms with Crippen molar-refractivity contribution >= 4 is 81.2 Å². The fourth-order valence-corrected chi connectivity index (χ4v) is 8.38. The smallest absolute Gasteiger partial charge is 0.227 e. The summed E-state index contributed by atoms with van der Waals surface area (Å²) < 4.78 is 9.17. The Hall–Kier alpha value is -6.23. The molecule has 8 aromatic carbocycles. The van der Waals surface area contributed by atoms with E-state index in [2.05, 4.69) is 144 Å². The number of benzene rings is 8. The Labute approximate surface area is 286 Å². The first-order valence-electron chi connectivity index (χ1n) is 16.5. The molecular weight excluding hydrogens is 617 g/mol.